The van der Waals surface area contributed by atoms with Gasteiger partial charge >= 0.3 is 0 Å². The second-order valence-electron chi connectivity index (χ2n) is 5.24. The zero-order chi connectivity index (χ0) is 13.2. The molecule has 1 heterocycles. The number of ether oxygens (including phenoxy) is 1. The van der Waals surface area contributed by atoms with Crippen molar-refractivity contribution >= 4 is 10.9 Å². The average Bonchev–Trinajstić information content (AvgIpc) is 2.66. The molecule has 0 bridgehead atoms. The summed E-state index contributed by atoms with van der Waals surface area (Å²) >= 11 is 0. The van der Waals surface area contributed by atoms with Crippen LogP contribution in [0.5, 0.6) is 0 Å². The van der Waals surface area contributed by atoms with Gasteiger partial charge in [0.05, 0.1) is 12.1 Å². The molecule has 0 fully saturated rings. The van der Waals surface area contributed by atoms with Crippen molar-refractivity contribution in [2.24, 2.45) is 0 Å². The third-order valence-corrected chi connectivity index (χ3v) is 3.96. The predicted molar refractivity (Wildman–Crippen MR) is 76.5 cm³/mol. The fourth-order valence-electron chi connectivity index (χ4n) is 3.00. The lowest BCUT2D eigenvalue weighted by Gasteiger charge is -2.11. The first-order valence-corrected chi connectivity index (χ1v) is 6.96. The van der Waals surface area contributed by atoms with Gasteiger partial charge in [-0.05, 0) is 31.7 Å². The van der Waals surface area contributed by atoms with E-state index in [4.69, 9.17) is 4.74 Å². The third kappa shape index (κ3) is 2.19. The second-order valence-corrected chi connectivity index (χ2v) is 5.24. The van der Waals surface area contributed by atoms with Crippen molar-refractivity contribution in [3.63, 3.8) is 0 Å². The monoisotopic (exact) mass is 257 g/mol. The van der Waals surface area contributed by atoms with E-state index in [-0.39, 0.29) is 5.43 Å². The Morgan fingerprint density at radius 2 is 2.05 bits per heavy atom. The van der Waals surface area contributed by atoms with Gasteiger partial charge in [0, 0.05) is 29.3 Å². The number of aryl methyl sites for hydroxylation is 1. The summed E-state index contributed by atoms with van der Waals surface area (Å²) in [7, 11) is 1.68. The highest BCUT2D eigenvalue weighted by Crippen LogP contribution is 2.21. The van der Waals surface area contributed by atoms with Gasteiger partial charge in [0.2, 0.25) is 0 Å². The van der Waals surface area contributed by atoms with Crippen LogP contribution in [0, 0.1) is 0 Å². The number of H-pyrrole nitrogens is 1. The SMILES string of the molecule is COCc1cccc2c(=O)c3c([nH]c12)CCCCC3. The Balaban J connectivity index is 2.28. The minimum atomic E-state index is 0.212. The van der Waals surface area contributed by atoms with Crippen molar-refractivity contribution in [2.75, 3.05) is 7.11 Å². The van der Waals surface area contributed by atoms with Crippen molar-refractivity contribution in [1.82, 2.24) is 4.98 Å². The van der Waals surface area contributed by atoms with Crippen molar-refractivity contribution in [3.05, 3.63) is 45.2 Å². The van der Waals surface area contributed by atoms with Gasteiger partial charge in [0.15, 0.2) is 5.43 Å². The molecule has 2 aromatic rings. The van der Waals surface area contributed by atoms with E-state index in [0.29, 0.717) is 6.61 Å². The fraction of sp³-hybridized carbons (Fsp3) is 0.438. The predicted octanol–water partition coefficient (Wildman–Crippen LogP) is 2.94. The second kappa shape index (κ2) is 5.17. The molecule has 3 rings (SSSR count). The Hall–Kier alpha value is -1.61. The fourth-order valence-corrected chi connectivity index (χ4v) is 3.00. The van der Waals surface area contributed by atoms with Crippen LogP contribution in [-0.4, -0.2) is 12.1 Å². The molecule has 3 heteroatoms. The van der Waals surface area contributed by atoms with Gasteiger partial charge in [-0.3, -0.25) is 4.79 Å². The van der Waals surface area contributed by atoms with E-state index in [0.717, 1.165) is 47.0 Å². The van der Waals surface area contributed by atoms with Crippen molar-refractivity contribution in [1.29, 1.82) is 0 Å². The highest BCUT2D eigenvalue weighted by Gasteiger charge is 2.15. The van der Waals surface area contributed by atoms with Gasteiger partial charge in [-0.25, -0.2) is 0 Å². The summed E-state index contributed by atoms with van der Waals surface area (Å²) in [5.41, 5.74) is 4.36. The van der Waals surface area contributed by atoms with E-state index in [1.54, 1.807) is 7.11 Å². The number of hydrogen-bond acceptors (Lipinski definition) is 2. The Morgan fingerprint density at radius 3 is 2.89 bits per heavy atom. The summed E-state index contributed by atoms with van der Waals surface area (Å²) in [6, 6.07) is 5.87. The van der Waals surface area contributed by atoms with Gasteiger partial charge in [0.1, 0.15) is 0 Å². The molecular formula is C16H19NO2. The number of benzene rings is 1. The molecule has 0 atom stereocenters. The van der Waals surface area contributed by atoms with Crippen molar-refractivity contribution in [3.8, 4) is 0 Å². The number of hydrogen-bond donors (Lipinski definition) is 1. The summed E-state index contributed by atoms with van der Waals surface area (Å²) in [4.78, 5) is 16.1. The Labute approximate surface area is 112 Å². The molecule has 0 saturated heterocycles. The van der Waals surface area contributed by atoms with E-state index in [2.05, 4.69) is 4.98 Å². The molecule has 0 amide bonds. The molecule has 0 aliphatic heterocycles. The lowest BCUT2D eigenvalue weighted by molar-refractivity contribution is 0.186. The van der Waals surface area contributed by atoms with Gasteiger partial charge in [-0.2, -0.15) is 0 Å². The molecule has 0 spiro atoms. The molecule has 1 aliphatic rings. The van der Waals surface area contributed by atoms with E-state index < -0.39 is 0 Å². The summed E-state index contributed by atoms with van der Waals surface area (Å²) in [6.07, 6.45) is 5.40. The molecule has 0 radical (unpaired) electrons. The molecule has 1 N–H and O–H groups in total. The van der Waals surface area contributed by atoms with E-state index >= 15 is 0 Å². The maximum Gasteiger partial charge on any atom is 0.192 e. The van der Waals surface area contributed by atoms with Crippen molar-refractivity contribution in [2.45, 2.75) is 38.7 Å². The molecular weight excluding hydrogens is 238 g/mol. The normalized spacial score (nSPS) is 15.2. The van der Waals surface area contributed by atoms with Crippen LogP contribution in [0.4, 0.5) is 0 Å². The number of nitrogens with one attached hydrogen (secondary N) is 1. The van der Waals surface area contributed by atoms with Gasteiger partial charge in [-0.1, -0.05) is 18.6 Å². The molecule has 1 aromatic carbocycles. The lowest BCUT2D eigenvalue weighted by atomic mass is 10.0. The van der Waals surface area contributed by atoms with E-state index in [1.807, 2.05) is 18.2 Å². The average molecular weight is 257 g/mol. The highest BCUT2D eigenvalue weighted by molar-refractivity contribution is 5.82. The Kier molecular flexibility index (Phi) is 3.38. The molecule has 100 valence electrons. The number of para-hydroxylation sites is 1. The summed E-state index contributed by atoms with van der Waals surface area (Å²) in [6.45, 7) is 0.534. The lowest BCUT2D eigenvalue weighted by Crippen LogP contribution is -2.15. The van der Waals surface area contributed by atoms with Crippen LogP contribution >= 0.6 is 0 Å². The van der Waals surface area contributed by atoms with Crippen LogP contribution in [0.15, 0.2) is 23.0 Å². The number of aromatic amines is 1. The number of fused-ring (bicyclic) bond motifs is 2. The minimum Gasteiger partial charge on any atom is -0.380 e. The van der Waals surface area contributed by atoms with Gasteiger partial charge in [-0.15, -0.1) is 0 Å². The van der Waals surface area contributed by atoms with Crippen LogP contribution in [0.3, 0.4) is 0 Å². The van der Waals surface area contributed by atoms with E-state index in [9.17, 15) is 4.79 Å². The molecule has 1 aromatic heterocycles. The van der Waals surface area contributed by atoms with Crippen LogP contribution in [-0.2, 0) is 24.2 Å². The van der Waals surface area contributed by atoms with Crippen LogP contribution < -0.4 is 5.43 Å². The zero-order valence-electron chi connectivity index (χ0n) is 11.3. The summed E-state index contributed by atoms with van der Waals surface area (Å²) < 4.78 is 5.22. The number of methoxy groups -OCH3 is 1. The number of rotatable bonds is 2. The Bertz CT molecular complexity index is 658. The van der Waals surface area contributed by atoms with Gasteiger partial charge in [0.25, 0.3) is 0 Å². The van der Waals surface area contributed by atoms with Crippen LogP contribution in [0.25, 0.3) is 10.9 Å². The summed E-state index contributed by atoms with van der Waals surface area (Å²) in [5.74, 6) is 0. The molecule has 19 heavy (non-hydrogen) atoms. The van der Waals surface area contributed by atoms with E-state index in [1.165, 1.54) is 12.8 Å². The molecule has 0 saturated carbocycles. The van der Waals surface area contributed by atoms with Crippen LogP contribution in [0.2, 0.25) is 0 Å². The first-order chi connectivity index (χ1) is 9.31. The standard InChI is InChI=1S/C16H19NO2/c1-19-10-11-6-5-8-13-15(11)17-14-9-4-2-3-7-12(14)16(13)18/h5-6,8H,2-4,7,9-10H2,1H3,(H,17,18). The largest absolute Gasteiger partial charge is 0.380 e. The molecule has 1 aliphatic carbocycles. The quantitative estimate of drug-likeness (QED) is 0.840. The minimum absolute atomic E-state index is 0.212. The molecule has 0 unspecified atom stereocenters. The van der Waals surface area contributed by atoms with Gasteiger partial charge < -0.3 is 9.72 Å². The maximum absolute atomic E-state index is 12.6. The maximum atomic E-state index is 12.6. The number of pyridine rings is 1. The highest BCUT2D eigenvalue weighted by atomic mass is 16.5. The first kappa shape index (κ1) is 12.4. The van der Waals surface area contributed by atoms with Crippen LogP contribution in [0.1, 0.15) is 36.1 Å². The third-order valence-electron chi connectivity index (χ3n) is 3.96. The smallest absolute Gasteiger partial charge is 0.192 e. The first-order valence-electron chi connectivity index (χ1n) is 6.96. The topological polar surface area (TPSA) is 42.1 Å². The number of aromatic nitrogens is 1. The van der Waals surface area contributed by atoms with Crippen molar-refractivity contribution < 1.29 is 4.74 Å². The summed E-state index contributed by atoms with van der Waals surface area (Å²) in [5, 5.41) is 0.801. The Morgan fingerprint density at radius 1 is 1.21 bits per heavy atom. The molecule has 3 nitrogen and oxygen atoms in total. The zero-order valence-corrected chi connectivity index (χ0v) is 11.3.